The second-order valence-corrected chi connectivity index (χ2v) is 7.36. The standard InChI is InChI=1S/C15H24N4O2S/c1-5-11-8-18-13(22-11)9-17-12-10-19(7-6-16-12)14(20)21-15(2,3)4/h8H,5-7,9-10H2,1-4H3,(H,16,17). The van der Waals surface area contributed by atoms with E-state index in [0.717, 1.165) is 17.3 Å². The van der Waals surface area contributed by atoms with Gasteiger partial charge in [0.05, 0.1) is 19.6 Å². The molecule has 1 aliphatic heterocycles. The topological polar surface area (TPSA) is 66.8 Å². The highest BCUT2D eigenvalue weighted by Crippen LogP contribution is 2.14. The van der Waals surface area contributed by atoms with Gasteiger partial charge in [-0.05, 0) is 27.2 Å². The zero-order valence-electron chi connectivity index (χ0n) is 13.7. The van der Waals surface area contributed by atoms with Crippen molar-refractivity contribution in [1.29, 1.82) is 0 Å². The lowest BCUT2D eigenvalue weighted by atomic mass is 10.2. The molecule has 0 unspecified atom stereocenters. The zero-order chi connectivity index (χ0) is 16.2. The average molecular weight is 324 g/mol. The molecule has 1 amide bonds. The Bertz CT molecular complexity index is 548. The molecule has 0 saturated carbocycles. The van der Waals surface area contributed by atoms with E-state index in [-0.39, 0.29) is 6.09 Å². The molecule has 1 aromatic heterocycles. The summed E-state index contributed by atoms with van der Waals surface area (Å²) in [6, 6.07) is 0. The quantitative estimate of drug-likeness (QED) is 0.927. The van der Waals surface area contributed by atoms with Crippen LogP contribution in [0.2, 0.25) is 0 Å². The molecule has 0 atom stereocenters. The van der Waals surface area contributed by atoms with Crippen LogP contribution in [0.3, 0.4) is 0 Å². The second-order valence-electron chi connectivity index (χ2n) is 6.16. The van der Waals surface area contributed by atoms with Crippen molar-refractivity contribution in [2.45, 2.75) is 46.3 Å². The molecule has 2 heterocycles. The highest BCUT2D eigenvalue weighted by Gasteiger charge is 2.24. The fourth-order valence-corrected chi connectivity index (χ4v) is 2.78. The van der Waals surface area contributed by atoms with Crippen molar-refractivity contribution < 1.29 is 9.53 Å². The van der Waals surface area contributed by atoms with Gasteiger partial charge in [0.1, 0.15) is 16.4 Å². The maximum Gasteiger partial charge on any atom is 0.410 e. The molecule has 1 aromatic rings. The Morgan fingerprint density at radius 1 is 1.50 bits per heavy atom. The molecule has 0 fully saturated rings. The van der Waals surface area contributed by atoms with Crippen molar-refractivity contribution in [3.05, 3.63) is 16.1 Å². The first-order chi connectivity index (χ1) is 10.4. The van der Waals surface area contributed by atoms with Gasteiger partial charge in [-0.2, -0.15) is 0 Å². The summed E-state index contributed by atoms with van der Waals surface area (Å²) in [6.45, 7) is 10.0. The van der Waals surface area contributed by atoms with Crippen molar-refractivity contribution in [2.75, 3.05) is 19.6 Å². The molecule has 0 spiro atoms. The number of aryl methyl sites for hydroxylation is 1. The molecule has 0 radical (unpaired) electrons. The molecule has 122 valence electrons. The predicted octanol–water partition coefficient (Wildman–Crippen LogP) is 2.44. The van der Waals surface area contributed by atoms with E-state index >= 15 is 0 Å². The van der Waals surface area contributed by atoms with Crippen LogP contribution in [0.5, 0.6) is 0 Å². The summed E-state index contributed by atoms with van der Waals surface area (Å²) in [5.41, 5.74) is -0.475. The number of aliphatic imine (C=N–C) groups is 1. The number of carbonyl (C=O) groups is 1. The van der Waals surface area contributed by atoms with Crippen LogP contribution in [0, 0.1) is 0 Å². The largest absolute Gasteiger partial charge is 0.444 e. The van der Waals surface area contributed by atoms with Crippen LogP contribution in [0.15, 0.2) is 11.2 Å². The summed E-state index contributed by atoms with van der Waals surface area (Å²) in [5, 5.41) is 4.31. The Morgan fingerprint density at radius 2 is 2.27 bits per heavy atom. The van der Waals surface area contributed by atoms with Gasteiger partial charge >= 0.3 is 6.09 Å². The Labute approximate surface area is 135 Å². The number of carbonyl (C=O) groups excluding carboxylic acids is 1. The van der Waals surface area contributed by atoms with Crippen LogP contribution < -0.4 is 5.32 Å². The average Bonchev–Trinajstić information content (AvgIpc) is 2.92. The number of nitrogens with zero attached hydrogens (tertiary/aromatic N) is 3. The van der Waals surface area contributed by atoms with Crippen LogP contribution in [0.4, 0.5) is 4.79 Å². The summed E-state index contributed by atoms with van der Waals surface area (Å²) in [7, 11) is 0. The molecule has 0 aliphatic carbocycles. The van der Waals surface area contributed by atoms with Gasteiger partial charge in [-0.25, -0.2) is 9.78 Å². The Kier molecular flexibility index (Phi) is 5.39. The first kappa shape index (κ1) is 16.7. The summed E-state index contributed by atoms with van der Waals surface area (Å²) in [4.78, 5) is 23.8. The van der Waals surface area contributed by atoms with Gasteiger partial charge in [0.2, 0.25) is 0 Å². The summed E-state index contributed by atoms with van der Waals surface area (Å²) >= 11 is 1.70. The highest BCUT2D eigenvalue weighted by atomic mass is 32.1. The number of thiazole rings is 1. The third-order valence-electron chi connectivity index (χ3n) is 3.06. The third-order valence-corrected chi connectivity index (χ3v) is 4.20. The molecule has 1 aliphatic rings. The molecule has 7 heteroatoms. The van der Waals surface area contributed by atoms with E-state index in [1.165, 1.54) is 4.88 Å². The van der Waals surface area contributed by atoms with Gasteiger partial charge in [-0.15, -0.1) is 11.3 Å². The van der Waals surface area contributed by atoms with Gasteiger partial charge in [0, 0.05) is 17.6 Å². The van der Waals surface area contributed by atoms with Crippen LogP contribution >= 0.6 is 11.3 Å². The van der Waals surface area contributed by atoms with Gasteiger partial charge in [-0.3, -0.25) is 9.89 Å². The molecule has 0 bridgehead atoms. The maximum atomic E-state index is 12.1. The summed E-state index contributed by atoms with van der Waals surface area (Å²) in [6.07, 6.45) is 2.63. The minimum absolute atomic E-state index is 0.288. The Morgan fingerprint density at radius 3 is 2.91 bits per heavy atom. The number of nitrogens with one attached hydrogen (secondary N) is 1. The van der Waals surface area contributed by atoms with Crippen molar-refractivity contribution in [1.82, 2.24) is 15.2 Å². The lowest BCUT2D eigenvalue weighted by Crippen LogP contribution is -2.47. The van der Waals surface area contributed by atoms with Gasteiger partial charge in [0.25, 0.3) is 0 Å². The fraction of sp³-hybridized carbons (Fsp3) is 0.667. The van der Waals surface area contributed by atoms with Gasteiger partial charge in [0.15, 0.2) is 0 Å². The van der Waals surface area contributed by atoms with E-state index in [2.05, 4.69) is 22.2 Å². The van der Waals surface area contributed by atoms with E-state index in [9.17, 15) is 4.79 Å². The number of hydrogen-bond acceptors (Lipinski definition) is 6. The number of ether oxygens (including phenoxy) is 1. The number of amidine groups is 1. The van der Waals surface area contributed by atoms with Crippen molar-refractivity contribution in [3.8, 4) is 0 Å². The van der Waals surface area contributed by atoms with E-state index < -0.39 is 5.60 Å². The van der Waals surface area contributed by atoms with Gasteiger partial charge < -0.3 is 10.1 Å². The molecule has 0 saturated heterocycles. The fourth-order valence-electron chi connectivity index (χ4n) is 1.98. The Balaban J connectivity index is 1.85. The third kappa shape index (κ3) is 4.98. The number of hydrogen-bond donors (Lipinski definition) is 1. The number of rotatable bonds is 3. The van der Waals surface area contributed by atoms with E-state index in [4.69, 9.17) is 4.74 Å². The smallest absolute Gasteiger partial charge is 0.410 e. The molecule has 22 heavy (non-hydrogen) atoms. The molecule has 6 nitrogen and oxygen atoms in total. The highest BCUT2D eigenvalue weighted by molar-refractivity contribution is 7.11. The summed E-state index contributed by atoms with van der Waals surface area (Å²) in [5.74, 6) is 0.811. The lowest BCUT2D eigenvalue weighted by Gasteiger charge is -2.29. The molecule has 1 N–H and O–H groups in total. The molecule has 0 aromatic carbocycles. The van der Waals surface area contributed by atoms with Crippen molar-refractivity contribution >= 4 is 23.3 Å². The SMILES string of the molecule is CCc1cnc(CNC2=NCCN(C(=O)OC(C)(C)C)C2)s1. The van der Waals surface area contributed by atoms with Crippen LogP contribution in [-0.4, -0.2) is 47.0 Å². The molecular weight excluding hydrogens is 300 g/mol. The van der Waals surface area contributed by atoms with Crippen molar-refractivity contribution in [2.24, 2.45) is 4.99 Å². The molecule has 2 rings (SSSR count). The van der Waals surface area contributed by atoms with Crippen LogP contribution in [-0.2, 0) is 17.7 Å². The van der Waals surface area contributed by atoms with Crippen LogP contribution in [0.1, 0.15) is 37.6 Å². The lowest BCUT2D eigenvalue weighted by molar-refractivity contribution is 0.0276. The van der Waals surface area contributed by atoms with E-state index in [1.54, 1.807) is 16.2 Å². The zero-order valence-corrected chi connectivity index (χ0v) is 14.5. The maximum absolute atomic E-state index is 12.1. The predicted molar refractivity (Wildman–Crippen MR) is 88.4 cm³/mol. The number of aromatic nitrogens is 1. The Hall–Kier alpha value is -1.63. The van der Waals surface area contributed by atoms with E-state index in [0.29, 0.717) is 26.2 Å². The first-order valence-corrected chi connectivity index (χ1v) is 8.37. The second kappa shape index (κ2) is 7.09. The normalized spacial score (nSPS) is 15.5. The van der Waals surface area contributed by atoms with E-state index in [1.807, 2.05) is 27.0 Å². The van der Waals surface area contributed by atoms with Crippen molar-refractivity contribution in [3.63, 3.8) is 0 Å². The minimum atomic E-state index is -0.475. The van der Waals surface area contributed by atoms with Gasteiger partial charge in [-0.1, -0.05) is 6.92 Å². The van der Waals surface area contributed by atoms with Crippen LogP contribution in [0.25, 0.3) is 0 Å². The number of amides is 1. The monoisotopic (exact) mass is 324 g/mol. The minimum Gasteiger partial charge on any atom is -0.444 e. The first-order valence-electron chi connectivity index (χ1n) is 7.56. The molecular formula is C15H24N4O2S. The summed E-state index contributed by atoms with van der Waals surface area (Å²) < 4.78 is 5.40.